The minimum absolute atomic E-state index is 0.0668. The number of benzene rings is 1. The van der Waals surface area contributed by atoms with Gasteiger partial charge in [0.1, 0.15) is 17.8 Å². The summed E-state index contributed by atoms with van der Waals surface area (Å²) in [7, 11) is -0.955. The van der Waals surface area contributed by atoms with Crippen LogP contribution in [0.3, 0.4) is 0 Å². The van der Waals surface area contributed by atoms with Crippen LogP contribution in [0.5, 0.6) is 0 Å². The number of carbonyl (C=O) groups excluding carboxylic acids is 3. The molecule has 0 bridgehead atoms. The Morgan fingerprint density at radius 3 is 2.58 bits per heavy atom. The summed E-state index contributed by atoms with van der Waals surface area (Å²) < 4.78 is 11.5. The average Bonchev–Trinajstić information content (AvgIpc) is 2.85. The van der Waals surface area contributed by atoms with Crippen LogP contribution in [0.4, 0.5) is 0 Å². The lowest BCUT2D eigenvalue weighted by Gasteiger charge is -2.31. The summed E-state index contributed by atoms with van der Waals surface area (Å²) in [5.41, 5.74) is 0.981. The van der Waals surface area contributed by atoms with Gasteiger partial charge in [-0.1, -0.05) is 44.2 Å². The Balaban J connectivity index is 1.81. The molecule has 0 radical (unpaired) electrons. The van der Waals surface area contributed by atoms with Gasteiger partial charge < -0.3 is 19.9 Å². The van der Waals surface area contributed by atoms with E-state index in [0.717, 1.165) is 5.56 Å². The highest BCUT2D eigenvalue weighted by Crippen LogP contribution is 2.14. The highest BCUT2D eigenvalue weighted by Gasteiger charge is 2.40. The van der Waals surface area contributed by atoms with Crippen molar-refractivity contribution in [2.75, 3.05) is 6.61 Å². The predicted octanol–water partition coefficient (Wildman–Crippen LogP) is 1.32. The zero-order valence-corrected chi connectivity index (χ0v) is 21.1. The minimum Gasteiger partial charge on any atom is -0.507 e. The second-order valence-corrected chi connectivity index (χ2v) is 9.48. The number of amides is 2. The van der Waals surface area contributed by atoms with E-state index in [2.05, 4.69) is 25.9 Å². The molecule has 0 spiro atoms. The van der Waals surface area contributed by atoms with Gasteiger partial charge in [0.2, 0.25) is 5.91 Å². The lowest BCUT2D eigenvalue weighted by molar-refractivity contribution is -0.139. The van der Waals surface area contributed by atoms with Crippen LogP contribution in [0.25, 0.3) is 0 Å². The van der Waals surface area contributed by atoms with Gasteiger partial charge in [0.05, 0.1) is 12.1 Å². The molecule has 1 aliphatic rings. The molecule has 1 aliphatic heterocycles. The Bertz CT molecular complexity index is 1010. The lowest BCUT2D eigenvalue weighted by Crippen LogP contribution is -2.59. The predicted molar refractivity (Wildman–Crippen MR) is 135 cm³/mol. The van der Waals surface area contributed by atoms with Gasteiger partial charge in [-0.3, -0.25) is 24.7 Å². The Hall–Kier alpha value is -3.31. The monoisotopic (exact) mass is 495 g/mol. The number of carbonyl (C=O) groups is 3. The second-order valence-electron chi connectivity index (χ2n) is 9.48. The van der Waals surface area contributed by atoms with Crippen LogP contribution >= 0.6 is 0 Å². The molecule has 0 saturated carbocycles. The zero-order chi connectivity index (χ0) is 26.1. The van der Waals surface area contributed by atoms with Crippen LogP contribution in [0.1, 0.15) is 50.2 Å². The number of hydrogen-bond acceptors (Lipinski definition) is 8. The third-order valence-corrected chi connectivity index (χ3v) is 5.71. The van der Waals surface area contributed by atoms with Gasteiger partial charge in [-0.2, -0.15) is 0 Å². The van der Waals surface area contributed by atoms with Gasteiger partial charge in [-0.25, -0.2) is 4.98 Å². The number of hydrogen-bond donors (Lipinski definition) is 3. The van der Waals surface area contributed by atoms with Crippen LogP contribution in [-0.2, 0) is 25.3 Å². The minimum atomic E-state index is -0.955. The maximum Gasteiger partial charge on any atom is 0.551 e. The molecule has 1 aromatic heterocycles. The average molecular weight is 495 g/mol. The van der Waals surface area contributed by atoms with Crippen molar-refractivity contribution in [1.29, 1.82) is 0 Å². The van der Waals surface area contributed by atoms with E-state index in [1.165, 1.54) is 18.6 Å². The van der Waals surface area contributed by atoms with Gasteiger partial charge in [0.25, 0.3) is 5.91 Å². The third-order valence-electron chi connectivity index (χ3n) is 5.71. The molecule has 36 heavy (non-hydrogen) atoms. The van der Waals surface area contributed by atoms with Gasteiger partial charge in [-0.15, -0.1) is 0 Å². The zero-order valence-electron chi connectivity index (χ0n) is 21.1. The molecule has 0 aliphatic carbocycles. The normalized spacial score (nSPS) is 20.0. The summed E-state index contributed by atoms with van der Waals surface area (Å²) in [6.07, 6.45) is 4.99. The van der Waals surface area contributed by atoms with Crippen LogP contribution in [0.15, 0.2) is 48.9 Å². The fraction of sp³-hybridized carbons (Fsp3) is 0.480. The molecule has 192 valence electrons. The van der Waals surface area contributed by atoms with Crippen LogP contribution in [0.2, 0.25) is 0 Å². The summed E-state index contributed by atoms with van der Waals surface area (Å²) in [4.78, 5) is 46.8. The first-order valence-electron chi connectivity index (χ1n) is 12.2. The standard InChI is InChI=1S/C25H34BN5O5/c1-16(2)12-22(26-35-15-17(3)29-18(4)25(34)36-26)31-23(32)20(13-19-8-6-5-7-9-19)30-24(33)21-14-27-10-11-28-21/h5-11,14,16-18,20,22,29H,12-13,15H2,1-4H3,(H,30,33)(H,31,32)/t17-,18-,20+,22+/m1/s1. The molecule has 0 unspecified atom stereocenters. The van der Waals surface area contributed by atoms with E-state index in [1.807, 2.05) is 51.1 Å². The SMILES string of the molecule is CC(C)C[C@H](NC(=O)[C@H](Cc1ccccc1)NC(=O)c1cnccn1)B1OC[C@@H](C)N[C@H](C)C(=O)O1. The third kappa shape index (κ3) is 8.13. The molecule has 2 heterocycles. The molecule has 2 aromatic rings. The summed E-state index contributed by atoms with van der Waals surface area (Å²) in [6, 6.07) is 7.92. The van der Waals surface area contributed by atoms with E-state index in [0.29, 0.717) is 13.0 Å². The Labute approximate surface area is 212 Å². The van der Waals surface area contributed by atoms with Gasteiger partial charge in [0, 0.05) is 31.5 Å². The van der Waals surface area contributed by atoms with E-state index in [4.69, 9.17) is 9.31 Å². The van der Waals surface area contributed by atoms with Gasteiger partial charge >= 0.3 is 13.1 Å². The van der Waals surface area contributed by atoms with E-state index in [-0.39, 0.29) is 24.1 Å². The molecule has 11 heteroatoms. The number of aromatic nitrogens is 2. The maximum absolute atomic E-state index is 13.5. The van der Waals surface area contributed by atoms with Crippen LogP contribution < -0.4 is 16.0 Å². The van der Waals surface area contributed by atoms with Crippen molar-refractivity contribution in [1.82, 2.24) is 25.9 Å². The number of rotatable bonds is 9. The molecule has 4 atom stereocenters. The second kappa shape index (κ2) is 13.1. The van der Waals surface area contributed by atoms with Crippen LogP contribution in [0, 0.1) is 5.92 Å². The van der Waals surface area contributed by atoms with Crippen molar-refractivity contribution in [3.05, 3.63) is 60.2 Å². The highest BCUT2D eigenvalue weighted by atomic mass is 16.6. The molecule has 1 aromatic carbocycles. The highest BCUT2D eigenvalue weighted by molar-refractivity contribution is 6.49. The smallest absolute Gasteiger partial charge is 0.507 e. The maximum atomic E-state index is 13.5. The summed E-state index contributed by atoms with van der Waals surface area (Å²) in [5.74, 6) is -1.81. The van der Waals surface area contributed by atoms with Gasteiger partial charge in [-0.05, 0) is 31.7 Å². The quantitative estimate of drug-likeness (QED) is 0.444. The van der Waals surface area contributed by atoms with Crippen molar-refractivity contribution < 1.29 is 23.7 Å². The molecule has 1 saturated heterocycles. The first kappa shape index (κ1) is 27.3. The fourth-order valence-electron chi connectivity index (χ4n) is 3.97. The number of nitrogens with one attached hydrogen (secondary N) is 3. The summed E-state index contributed by atoms with van der Waals surface area (Å²) in [5, 5.41) is 8.87. The summed E-state index contributed by atoms with van der Waals surface area (Å²) in [6.45, 7) is 7.97. The Kier molecular flexibility index (Phi) is 9.95. The van der Waals surface area contributed by atoms with Crippen molar-refractivity contribution in [2.45, 2.75) is 64.6 Å². The topological polar surface area (TPSA) is 132 Å². The summed E-state index contributed by atoms with van der Waals surface area (Å²) >= 11 is 0. The van der Waals surface area contributed by atoms with Crippen molar-refractivity contribution in [3.8, 4) is 0 Å². The molecular formula is C25H34BN5O5. The molecule has 3 N–H and O–H groups in total. The van der Waals surface area contributed by atoms with Gasteiger partial charge in [0.15, 0.2) is 0 Å². The van der Waals surface area contributed by atoms with E-state index in [9.17, 15) is 14.4 Å². The first-order valence-corrected chi connectivity index (χ1v) is 12.2. The Morgan fingerprint density at radius 2 is 1.92 bits per heavy atom. The lowest BCUT2D eigenvalue weighted by atomic mass is 9.73. The van der Waals surface area contributed by atoms with Crippen molar-refractivity contribution >= 4 is 24.9 Å². The fourth-order valence-corrected chi connectivity index (χ4v) is 3.97. The molecule has 3 rings (SSSR count). The molecule has 10 nitrogen and oxygen atoms in total. The van der Waals surface area contributed by atoms with Crippen molar-refractivity contribution in [3.63, 3.8) is 0 Å². The Morgan fingerprint density at radius 1 is 1.17 bits per heavy atom. The molecular weight excluding hydrogens is 461 g/mol. The van der Waals surface area contributed by atoms with Crippen molar-refractivity contribution in [2.24, 2.45) is 5.92 Å². The van der Waals surface area contributed by atoms with E-state index >= 15 is 0 Å². The molecule has 2 amide bonds. The largest absolute Gasteiger partial charge is 0.551 e. The van der Waals surface area contributed by atoms with E-state index < -0.39 is 42.9 Å². The first-order chi connectivity index (χ1) is 17.2. The molecule has 1 fully saturated rings. The number of nitrogens with zero attached hydrogens (tertiary/aromatic N) is 2. The van der Waals surface area contributed by atoms with Crippen LogP contribution in [-0.4, -0.2) is 65.5 Å². The van der Waals surface area contributed by atoms with E-state index in [1.54, 1.807) is 6.92 Å².